The van der Waals surface area contributed by atoms with Crippen LogP contribution in [0.15, 0.2) is 33.5 Å². The highest BCUT2D eigenvalue weighted by molar-refractivity contribution is 5.81. The molecule has 2 aromatic rings. The molecule has 19 heavy (non-hydrogen) atoms. The number of benzene rings is 1. The van der Waals surface area contributed by atoms with E-state index < -0.39 is 17.7 Å². The minimum atomic E-state index is -1.05. The van der Waals surface area contributed by atoms with Crippen LogP contribution in [0.25, 0.3) is 11.0 Å². The van der Waals surface area contributed by atoms with E-state index in [1.165, 1.54) is 19.1 Å². The Balaban J connectivity index is 2.46. The number of aliphatic carboxylic acids is 1. The van der Waals surface area contributed by atoms with Gasteiger partial charge in [0.15, 0.2) is 6.10 Å². The third-order valence-electron chi connectivity index (χ3n) is 2.84. The molecule has 0 spiro atoms. The van der Waals surface area contributed by atoms with Crippen molar-refractivity contribution in [2.75, 3.05) is 0 Å². The summed E-state index contributed by atoms with van der Waals surface area (Å²) in [6, 6.07) is 6.43. The molecule has 0 aliphatic carbocycles. The number of hydrogen-bond donors (Lipinski definition) is 1. The van der Waals surface area contributed by atoms with Gasteiger partial charge in [0.1, 0.15) is 11.3 Å². The summed E-state index contributed by atoms with van der Waals surface area (Å²) in [5.41, 5.74) is 0.872. The van der Waals surface area contributed by atoms with Crippen molar-refractivity contribution in [3.63, 3.8) is 0 Å². The Labute approximate surface area is 109 Å². The van der Waals surface area contributed by atoms with Crippen LogP contribution < -0.4 is 10.4 Å². The van der Waals surface area contributed by atoms with E-state index in [1.54, 1.807) is 12.1 Å². The zero-order valence-corrected chi connectivity index (χ0v) is 10.7. The van der Waals surface area contributed by atoms with Gasteiger partial charge in [-0.2, -0.15) is 0 Å². The molecular weight excluding hydrogens is 248 g/mol. The van der Waals surface area contributed by atoms with E-state index in [0.717, 1.165) is 10.9 Å². The van der Waals surface area contributed by atoms with Crippen LogP contribution in [0.5, 0.6) is 5.75 Å². The Hall–Kier alpha value is -2.30. The van der Waals surface area contributed by atoms with Crippen LogP contribution in [-0.2, 0) is 11.2 Å². The Morgan fingerprint density at radius 2 is 2.16 bits per heavy atom. The van der Waals surface area contributed by atoms with Gasteiger partial charge in [0, 0.05) is 17.5 Å². The Bertz CT molecular complexity index is 671. The Morgan fingerprint density at radius 1 is 1.42 bits per heavy atom. The van der Waals surface area contributed by atoms with E-state index >= 15 is 0 Å². The fourth-order valence-corrected chi connectivity index (χ4v) is 1.83. The maximum Gasteiger partial charge on any atom is 0.344 e. The van der Waals surface area contributed by atoms with Gasteiger partial charge in [-0.3, -0.25) is 0 Å². The number of ether oxygens (including phenoxy) is 1. The van der Waals surface area contributed by atoms with Gasteiger partial charge in [0.25, 0.3) is 0 Å². The Morgan fingerprint density at radius 3 is 2.79 bits per heavy atom. The van der Waals surface area contributed by atoms with Crippen molar-refractivity contribution in [1.82, 2.24) is 0 Å². The maximum atomic E-state index is 11.4. The van der Waals surface area contributed by atoms with Gasteiger partial charge in [-0.25, -0.2) is 9.59 Å². The minimum absolute atomic E-state index is 0.360. The third-order valence-corrected chi connectivity index (χ3v) is 2.84. The molecule has 5 heteroatoms. The van der Waals surface area contributed by atoms with Crippen molar-refractivity contribution >= 4 is 16.9 Å². The monoisotopic (exact) mass is 262 g/mol. The molecule has 100 valence electrons. The first-order valence-corrected chi connectivity index (χ1v) is 5.97. The number of rotatable bonds is 4. The molecule has 1 atom stereocenters. The van der Waals surface area contributed by atoms with Crippen LogP contribution in [0.4, 0.5) is 0 Å². The molecule has 0 amide bonds. The molecular formula is C14H14O5. The first kappa shape index (κ1) is 13.1. The topological polar surface area (TPSA) is 76.7 Å². The largest absolute Gasteiger partial charge is 0.479 e. The van der Waals surface area contributed by atoms with Gasteiger partial charge in [0.05, 0.1) is 0 Å². The van der Waals surface area contributed by atoms with Gasteiger partial charge in [-0.1, -0.05) is 6.92 Å². The molecule has 1 heterocycles. The fourth-order valence-electron chi connectivity index (χ4n) is 1.83. The second kappa shape index (κ2) is 5.14. The second-order valence-electron chi connectivity index (χ2n) is 4.20. The van der Waals surface area contributed by atoms with E-state index in [9.17, 15) is 9.59 Å². The van der Waals surface area contributed by atoms with Gasteiger partial charge < -0.3 is 14.3 Å². The highest BCUT2D eigenvalue weighted by atomic mass is 16.5. The molecule has 5 nitrogen and oxygen atoms in total. The lowest BCUT2D eigenvalue weighted by molar-refractivity contribution is -0.144. The summed E-state index contributed by atoms with van der Waals surface area (Å²) in [4.78, 5) is 22.1. The number of carbonyl (C=O) groups is 1. The molecule has 0 fully saturated rings. The number of hydrogen-bond acceptors (Lipinski definition) is 4. The average molecular weight is 262 g/mol. The van der Waals surface area contributed by atoms with E-state index in [1.807, 2.05) is 6.92 Å². The normalized spacial score (nSPS) is 12.3. The van der Waals surface area contributed by atoms with Crippen molar-refractivity contribution in [2.45, 2.75) is 26.4 Å². The molecule has 0 radical (unpaired) electrons. The van der Waals surface area contributed by atoms with Gasteiger partial charge in [-0.05, 0) is 31.0 Å². The van der Waals surface area contributed by atoms with Crippen molar-refractivity contribution in [2.24, 2.45) is 0 Å². The van der Waals surface area contributed by atoms with E-state index in [2.05, 4.69) is 0 Å². The quantitative estimate of drug-likeness (QED) is 0.855. The van der Waals surface area contributed by atoms with Crippen molar-refractivity contribution < 1.29 is 19.1 Å². The summed E-state index contributed by atoms with van der Waals surface area (Å²) in [5.74, 6) is -0.692. The first-order chi connectivity index (χ1) is 9.01. The lowest BCUT2D eigenvalue weighted by Gasteiger charge is -2.11. The van der Waals surface area contributed by atoms with E-state index in [-0.39, 0.29) is 0 Å². The molecule has 0 aliphatic heterocycles. The summed E-state index contributed by atoms with van der Waals surface area (Å²) in [6.45, 7) is 3.39. The summed E-state index contributed by atoms with van der Waals surface area (Å²) in [5, 5.41) is 9.62. The van der Waals surface area contributed by atoms with Gasteiger partial charge in [-0.15, -0.1) is 0 Å². The Kier molecular flexibility index (Phi) is 3.55. The smallest absolute Gasteiger partial charge is 0.344 e. The molecule has 2 rings (SSSR count). The van der Waals surface area contributed by atoms with E-state index in [0.29, 0.717) is 17.8 Å². The van der Waals surface area contributed by atoms with Crippen LogP contribution in [0.1, 0.15) is 19.4 Å². The molecule has 1 aromatic heterocycles. The highest BCUT2D eigenvalue weighted by Gasteiger charge is 2.13. The van der Waals surface area contributed by atoms with Crippen molar-refractivity contribution in [3.05, 3.63) is 40.2 Å². The predicted octanol–water partition coefficient (Wildman–Crippen LogP) is 2.21. The summed E-state index contributed by atoms with van der Waals surface area (Å²) in [7, 11) is 0. The highest BCUT2D eigenvalue weighted by Crippen LogP contribution is 2.23. The van der Waals surface area contributed by atoms with Gasteiger partial charge in [0.2, 0.25) is 0 Å². The number of aryl methyl sites for hydroxylation is 1. The molecule has 0 unspecified atom stereocenters. The summed E-state index contributed by atoms with van der Waals surface area (Å²) in [6.07, 6.45) is -0.244. The minimum Gasteiger partial charge on any atom is -0.479 e. The van der Waals surface area contributed by atoms with Crippen molar-refractivity contribution in [1.29, 1.82) is 0 Å². The second-order valence-corrected chi connectivity index (χ2v) is 4.20. The lowest BCUT2D eigenvalue weighted by atomic mass is 10.1. The zero-order chi connectivity index (χ0) is 14.0. The lowest BCUT2D eigenvalue weighted by Crippen LogP contribution is -2.22. The molecule has 0 saturated heterocycles. The molecule has 0 aliphatic rings. The van der Waals surface area contributed by atoms with Crippen LogP contribution in [-0.4, -0.2) is 17.2 Å². The van der Waals surface area contributed by atoms with E-state index in [4.69, 9.17) is 14.3 Å². The third kappa shape index (κ3) is 2.76. The SMILES string of the molecule is CCc1cc(=O)oc2cc(O[C@@H](C)C(=O)O)ccc12. The molecule has 0 bridgehead atoms. The van der Waals surface area contributed by atoms with Crippen LogP contribution in [0.3, 0.4) is 0 Å². The van der Waals surface area contributed by atoms with Crippen LogP contribution in [0.2, 0.25) is 0 Å². The van der Waals surface area contributed by atoms with Crippen LogP contribution in [0, 0.1) is 0 Å². The van der Waals surface area contributed by atoms with Crippen LogP contribution >= 0.6 is 0 Å². The summed E-state index contributed by atoms with van der Waals surface area (Å²) >= 11 is 0. The molecule has 1 N–H and O–H groups in total. The first-order valence-electron chi connectivity index (χ1n) is 5.97. The van der Waals surface area contributed by atoms with Gasteiger partial charge >= 0.3 is 11.6 Å². The summed E-state index contributed by atoms with van der Waals surface area (Å²) < 4.78 is 10.3. The standard InChI is InChI=1S/C14H14O5/c1-3-9-6-13(15)19-12-7-10(4-5-11(9)12)18-8(2)14(16)17/h4-8H,3H2,1-2H3,(H,16,17)/t8-/m0/s1. The predicted molar refractivity (Wildman–Crippen MR) is 69.6 cm³/mol. The average Bonchev–Trinajstić information content (AvgIpc) is 2.37. The number of carboxylic acid groups (broad SMARTS) is 1. The molecule has 1 aromatic carbocycles. The number of carboxylic acids is 1. The maximum absolute atomic E-state index is 11.4. The zero-order valence-electron chi connectivity index (χ0n) is 10.7. The number of fused-ring (bicyclic) bond motifs is 1. The molecule has 0 saturated carbocycles. The fraction of sp³-hybridized carbons (Fsp3) is 0.286. The van der Waals surface area contributed by atoms with Crippen molar-refractivity contribution in [3.8, 4) is 5.75 Å².